The fourth-order valence-electron chi connectivity index (χ4n) is 2.28. The summed E-state index contributed by atoms with van der Waals surface area (Å²) < 4.78 is 2.79. The van der Waals surface area contributed by atoms with Crippen LogP contribution >= 0.6 is 27.5 Å². The molecule has 0 bridgehead atoms. The van der Waals surface area contributed by atoms with Gasteiger partial charge in [0.25, 0.3) is 0 Å². The van der Waals surface area contributed by atoms with Crippen molar-refractivity contribution >= 4 is 27.5 Å². The van der Waals surface area contributed by atoms with E-state index in [1.807, 2.05) is 32.2 Å². The highest BCUT2D eigenvalue weighted by molar-refractivity contribution is 9.10. The fraction of sp³-hybridized carbons (Fsp3) is 0.357. The van der Waals surface area contributed by atoms with Crippen molar-refractivity contribution in [3.63, 3.8) is 0 Å². The molecular weight excluding hydrogens is 326 g/mol. The van der Waals surface area contributed by atoms with Gasteiger partial charge in [-0.1, -0.05) is 45.7 Å². The maximum atomic E-state index is 6.29. The molecule has 0 fully saturated rings. The number of benzene rings is 1. The highest BCUT2D eigenvalue weighted by atomic mass is 79.9. The van der Waals surface area contributed by atoms with Crippen molar-refractivity contribution in [1.29, 1.82) is 0 Å². The molecule has 2 rings (SSSR count). The molecule has 0 radical (unpaired) electrons. The molecule has 0 saturated heterocycles. The molecule has 2 aromatic rings. The molecule has 0 saturated carbocycles. The van der Waals surface area contributed by atoms with Gasteiger partial charge in [0.1, 0.15) is 5.15 Å². The molecule has 5 heteroatoms. The average Bonchev–Trinajstić information content (AvgIpc) is 2.63. The van der Waals surface area contributed by atoms with Crippen molar-refractivity contribution < 1.29 is 0 Å². The molecule has 102 valence electrons. The highest BCUT2D eigenvalue weighted by Crippen LogP contribution is 2.30. The minimum absolute atomic E-state index is 0.232. The van der Waals surface area contributed by atoms with Crippen LogP contribution in [0.25, 0.3) is 0 Å². The first-order chi connectivity index (χ1) is 9.04. The van der Waals surface area contributed by atoms with Gasteiger partial charge in [-0.25, -0.2) is 0 Å². The first kappa shape index (κ1) is 14.6. The SMILES string of the molecule is Cc1nn(C)c(Cl)c1CC(CN)c1ccccc1Br. The lowest BCUT2D eigenvalue weighted by atomic mass is 9.92. The minimum atomic E-state index is 0.232. The van der Waals surface area contributed by atoms with Crippen LogP contribution in [0.2, 0.25) is 5.15 Å². The van der Waals surface area contributed by atoms with Crippen LogP contribution in [0.5, 0.6) is 0 Å². The van der Waals surface area contributed by atoms with Gasteiger partial charge >= 0.3 is 0 Å². The molecule has 1 atom stereocenters. The van der Waals surface area contributed by atoms with E-state index in [1.165, 1.54) is 5.56 Å². The second-order valence-electron chi connectivity index (χ2n) is 4.64. The average molecular weight is 343 g/mol. The van der Waals surface area contributed by atoms with Crippen molar-refractivity contribution in [2.45, 2.75) is 19.3 Å². The van der Waals surface area contributed by atoms with E-state index >= 15 is 0 Å². The van der Waals surface area contributed by atoms with Crippen molar-refractivity contribution in [3.8, 4) is 0 Å². The number of rotatable bonds is 4. The Labute approximate surface area is 126 Å². The molecule has 3 nitrogen and oxygen atoms in total. The zero-order chi connectivity index (χ0) is 14.0. The number of hydrogen-bond donors (Lipinski definition) is 1. The standard InChI is InChI=1S/C14H17BrClN3/c1-9-12(14(16)19(2)18-9)7-10(8-17)11-5-3-4-6-13(11)15/h3-6,10H,7-8,17H2,1-2H3. The van der Waals surface area contributed by atoms with Crippen molar-refractivity contribution in [3.05, 3.63) is 50.7 Å². The minimum Gasteiger partial charge on any atom is -0.330 e. The number of hydrogen-bond acceptors (Lipinski definition) is 2. The van der Waals surface area contributed by atoms with Crippen LogP contribution < -0.4 is 5.73 Å². The lowest BCUT2D eigenvalue weighted by molar-refractivity contribution is 0.688. The molecule has 0 aliphatic rings. The van der Waals surface area contributed by atoms with Crippen molar-refractivity contribution in [1.82, 2.24) is 9.78 Å². The predicted molar refractivity (Wildman–Crippen MR) is 82.6 cm³/mol. The van der Waals surface area contributed by atoms with Crippen molar-refractivity contribution in [2.75, 3.05) is 6.54 Å². The molecule has 1 unspecified atom stereocenters. The van der Waals surface area contributed by atoms with E-state index in [1.54, 1.807) is 4.68 Å². The van der Waals surface area contributed by atoms with E-state index in [9.17, 15) is 0 Å². The van der Waals surface area contributed by atoms with Crippen LogP contribution in [-0.2, 0) is 13.5 Å². The van der Waals surface area contributed by atoms with Gasteiger partial charge in [0.15, 0.2) is 0 Å². The summed E-state index contributed by atoms with van der Waals surface area (Å²) in [4.78, 5) is 0. The number of aromatic nitrogens is 2. The molecule has 0 aliphatic carbocycles. The van der Waals surface area contributed by atoms with Crippen LogP contribution in [0.4, 0.5) is 0 Å². The maximum Gasteiger partial charge on any atom is 0.130 e. The molecule has 0 spiro atoms. The first-order valence-electron chi connectivity index (χ1n) is 6.17. The summed E-state index contributed by atoms with van der Waals surface area (Å²) in [6, 6.07) is 8.17. The summed E-state index contributed by atoms with van der Waals surface area (Å²) >= 11 is 9.87. The lowest BCUT2D eigenvalue weighted by Gasteiger charge is -2.16. The van der Waals surface area contributed by atoms with Crippen LogP contribution in [0.3, 0.4) is 0 Å². The van der Waals surface area contributed by atoms with E-state index in [-0.39, 0.29) is 5.92 Å². The Morgan fingerprint density at radius 2 is 2.11 bits per heavy atom. The summed E-state index contributed by atoms with van der Waals surface area (Å²) in [6.07, 6.45) is 0.803. The molecule has 1 aromatic heterocycles. The number of aryl methyl sites for hydroxylation is 2. The third-order valence-corrected chi connectivity index (χ3v) is 4.54. The monoisotopic (exact) mass is 341 g/mol. The van der Waals surface area contributed by atoms with Gasteiger partial charge in [0.05, 0.1) is 5.69 Å². The Hall–Kier alpha value is -0.840. The lowest BCUT2D eigenvalue weighted by Crippen LogP contribution is -2.16. The zero-order valence-electron chi connectivity index (χ0n) is 11.0. The maximum absolute atomic E-state index is 6.29. The van der Waals surface area contributed by atoms with Crippen LogP contribution in [0, 0.1) is 6.92 Å². The van der Waals surface area contributed by atoms with Crippen LogP contribution in [0.1, 0.15) is 22.7 Å². The van der Waals surface area contributed by atoms with Crippen LogP contribution in [0.15, 0.2) is 28.7 Å². The Balaban J connectivity index is 2.32. The summed E-state index contributed by atoms with van der Waals surface area (Å²) in [5, 5.41) is 5.04. The highest BCUT2D eigenvalue weighted by Gasteiger charge is 2.19. The van der Waals surface area contributed by atoms with E-state index in [2.05, 4.69) is 27.1 Å². The van der Waals surface area contributed by atoms with E-state index < -0.39 is 0 Å². The molecule has 2 N–H and O–H groups in total. The first-order valence-corrected chi connectivity index (χ1v) is 7.34. The normalized spacial score (nSPS) is 12.7. The summed E-state index contributed by atoms with van der Waals surface area (Å²) in [5.74, 6) is 0.232. The fourth-order valence-corrected chi connectivity index (χ4v) is 3.14. The smallest absolute Gasteiger partial charge is 0.130 e. The number of nitrogens with two attached hydrogens (primary N) is 1. The Morgan fingerprint density at radius 3 is 2.63 bits per heavy atom. The molecular formula is C14H17BrClN3. The van der Waals surface area contributed by atoms with Crippen LogP contribution in [-0.4, -0.2) is 16.3 Å². The Morgan fingerprint density at radius 1 is 1.42 bits per heavy atom. The molecule has 1 heterocycles. The van der Waals surface area contributed by atoms with Gasteiger partial charge in [-0.2, -0.15) is 5.10 Å². The van der Waals surface area contributed by atoms with Gasteiger partial charge < -0.3 is 5.73 Å². The summed E-state index contributed by atoms with van der Waals surface area (Å²) in [5.41, 5.74) is 9.20. The third kappa shape index (κ3) is 3.02. The third-order valence-electron chi connectivity index (χ3n) is 3.35. The Kier molecular flexibility index (Phi) is 4.66. The van der Waals surface area contributed by atoms with E-state index in [0.29, 0.717) is 11.7 Å². The van der Waals surface area contributed by atoms with Crippen molar-refractivity contribution in [2.24, 2.45) is 12.8 Å². The molecule has 1 aromatic carbocycles. The second-order valence-corrected chi connectivity index (χ2v) is 5.85. The number of halogens is 2. The Bertz CT molecular complexity index is 580. The molecule has 19 heavy (non-hydrogen) atoms. The quantitative estimate of drug-likeness (QED) is 0.925. The summed E-state index contributed by atoms with van der Waals surface area (Å²) in [6.45, 7) is 2.56. The van der Waals surface area contributed by atoms with Gasteiger partial charge in [-0.15, -0.1) is 0 Å². The van der Waals surface area contributed by atoms with Gasteiger partial charge in [0, 0.05) is 23.0 Å². The summed E-state index contributed by atoms with van der Waals surface area (Å²) in [7, 11) is 1.86. The predicted octanol–water partition coefficient (Wildman–Crippen LogP) is 3.43. The molecule has 0 amide bonds. The van der Waals surface area contributed by atoms with Gasteiger partial charge in [-0.3, -0.25) is 4.68 Å². The second kappa shape index (κ2) is 6.07. The van der Waals surface area contributed by atoms with Gasteiger partial charge in [0.2, 0.25) is 0 Å². The topological polar surface area (TPSA) is 43.8 Å². The van der Waals surface area contributed by atoms with E-state index in [4.69, 9.17) is 17.3 Å². The largest absolute Gasteiger partial charge is 0.330 e. The van der Waals surface area contributed by atoms with E-state index in [0.717, 1.165) is 22.2 Å². The van der Waals surface area contributed by atoms with Gasteiger partial charge in [-0.05, 0) is 31.5 Å². The zero-order valence-corrected chi connectivity index (χ0v) is 13.4. The number of nitrogens with zero attached hydrogens (tertiary/aromatic N) is 2. The molecule has 0 aliphatic heterocycles.